The Morgan fingerprint density at radius 1 is 1.24 bits per heavy atom. The van der Waals surface area contributed by atoms with E-state index in [0.29, 0.717) is 13.0 Å². The zero-order chi connectivity index (χ0) is 15.8. The molecular formula is C15H27N3O2S. The molecule has 0 bridgehead atoms. The Hall–Kier alpha value is -0.880. The molecule has 0 aliphatic carbocycles. The Kier molecular flexibility index (Phi) is 4.49. The van der Waals surface area contributed by atoms with Crippen LogP contribution in [0.4, 0.5) is 0 Å². The summed E-state index contributed by atoms with van der Waals surface area (Å²) in [6.07, 6.45) is 0.690. The first-order valence-corrected chi connectivity index (χ1v) is 9.30. The van der Waals surface area contributed by atoms with Crippen LogP contribution in [0.25, 0.3) is 0 Å². The number of aryl methyl sites for hydroxylation is 2. The minimum absolute atomic E-state index is 0.250. The lowest BCUT2D eigenvalue weighted by atomic mass is 10.1. The van der Waals surface area contributed by atoms with Crippen molar-refractivity contribution >= 4 is 9.84 Å². The van der Waals surface area contributed by atoms with Gasteiger partial charge in [0.2, 0.25) is 0 Å². The Labute approximate surface area is 128 Å². The smallest absolute Gasteiger partial charge is 0.156 e. The van der Waals surface area contributed by atoms with Gasteiger partial charge in [-0.1, -0.05) is 0 Å². The molecule has 1 aliphatic heterocycles. The molecule has 0 unspecified atom stereocenters. The van der Waals surface area contributed by atoms with E-state index >= 15 is 0 Å². The van der Waals surface area contributed by atoms with Crippen LogP contribution in [0, 0.1) is 13.8 Å². The van der Waals surface area contributed by atoms with Crippen molar-refractivity contribution in [2.45, 2.75) is 58.9 Å². The fourth-order valence-corrected chi connectivity index (χ4v) is 4.33. The molecule has 1 aliphatic rings. The van der Waals surface area contributed by atoms with Crippen LogP contribution in [0.5, 0.6) is 0 Å². The van der Waals surface area contributed by atoms with Gasteiger partial charge in [-0.2, -0.15) is 5.10 Å². The number of hydrogen-bond acceptors (Lipinski definition) is 4. The molecule has 0 N–H and O–H groups in total. The summed E-state index contributed by atoms with van der Waals surface area (Å²) in [5.74, 6) is 0.250. The van der Waals surface area contributed by atoms with Crippen molar-refractivity contribution in [2.75, 3.05) is 18.8 Å². The Bertz CT molecular complexity index is 617. The normalized spacial score (nSPS) is 22.1. The minimum atomic E-state index is -3.00. The van der Waals surface area contributed by atoms with Gasteiger partial charge in [-0.15, -0.1) is 0 Å². The van der Waals surface area contributed by atoms with Crippen LogP contribution >= 0.6 is 0 Å². The predicted molar refractivity (Wildman–Crippen MR) is 85.1 cm³/mol. The van der Waals surface area contributed by atoms with E-state index in [0.717, 1.165) is 25.3 Å². The van der Waals surface area contributed by atoms with Crippen molar-refractivity contribution in [3.63, 3.8) is 0 Å². The average Bonchev–Trinajstić information content (AvgIpc) is 2.62. The predicted octanol–water partition coefficient (Wildman–Crippen LogP) is 1.92. The van der Waals surface area contributed by atoms with Crippen molar-refractivity contribution in [1.82, 2.24) is 14.7 Å². The Morgan fingerprint density at radius 2 is 1.90 bits per heavy atom. The number of nitrogens with zero attached hydrogens (tertiary/aromatic N) is 3. The molecule has 2 rings (SSSR count). The Morgan fingerprint density at radius 3 is 2.48 bits per heavy atom. The van der Waals surface area contributed by atoms with Gasteiger partial charge in [0, 0.05) is 37.4 Å². The summed E-state index contributed by atoms with van der Waals surface area (Å²) in [6.45, 7) is 13.0. The highest BCUT2D eigenvalue weighted by Gasteiger charge is 2.37. The standard InChI is InChI=1S/C15H27N3O2S/c1-6-18-13(3)14(12(2)16-18)11-17-8-7-15(4,5)21(19,20)10-9-17/h6-11H2,1-5H3. The fraction of sp³-hybridized carbons (Fsp3) is 0.800. The van der Waals surface area contributed by atoms with E-state index in [9.17, 15) is 8.42 Å². The highest BCUT2D eigenvalue weighted by molar-refractivity contribution is 7.92. The first-order valence-electron chi connectivity index (χ1n) is 7.65. The summed E-state index contributed by atoms with van der Waals surface area (Å²) < 4.78 is 25.9. The zero-order valence-corrected chi connectivity index (χ0v) is 14.6. The second-order valence-corrected chi connectivity index (χ2v) is 9.31. The van der Waals surface area contributed by atoms with Crippen LogP contribution in [0.3, 0.4) is 0 Å². The van der Waals surface area contributed by atoms with E-state index in [1.54, 1.807) is 0 Å². The monoisotopic (exact) mass is 313 g/mol. The molecule has 0 atom stereocenters. The first-order chi connectivity index (χ1) is 9.68. The van der Waals surface area contributed by atoms with Gasteiger partial charge in [0.1, 0.15) is 0 Å². The molecule has 5 nitrogen and oxygen atoms in total. The van der Waals surface area contributed by atoms with E-state index < -0.39 is 14.6 Å². The summed E-state index contributed by atoms with van der Waals surface area (Å²) in [7, 11) is -3.00. The van der Waals surface area contributed by atoms with Crippen LogP contribution < -0.4 is 0 Å². The Balaban J connectivity index is 2.17. The first kappa shape index (κ1) is 16.5. The van der Waals surface area contributed by atoms with E-state index in [1.165, 1.54) is 11.3 Å². The largest absolute Gasteiger partial charge is 0.298 e. The highest BCUT2D eigenvalue weighted by atomic mass is 32.2. The van der Waals surface area contributed by atoms with Gasteiger partial charge >= 0.3 is 0 Å². The lowest BCUT2D eigenvalue weighted by Crippen LogP contribution is -2.33. The lowest BCUT2D eigenvalue weighted by Gasteiger charge is -2.22. The number of hydrogen-bond donors (Lipinski definition) is 0. The van der Waals surface area contributed by atoms with Crippen molar-refractivity contribution in [3.05, 3.63) is 17.0 Å². The second-order valence-electron chi connectivity index (χ2n) is 6.57. The maximum Gasteiger partial charge on any atom is 0.156 e. The molecule has 0 radical (unpaired) electrons. The highest BCUT2D eigenvalue weighted by Crippen LogP contribution is 2.26. The van der Waals surface area contributed by atoms with Gasteiger partial charge in [-0.05, 0) is 41.0 Å². The second kappa shape index (κ2) is 5.72. The molecule has 0 amide bonds. The van der Waals surface area contributed by atoms with E-state index in [4.69, 9.17) is 0 Å². The maximum atomic E-state index is 12.3. The van der Waals surface area contributed by atoms with Gasteiger partial charge in [0.25, 0.3) is 0 Å². The molecule has 1 fully saturated rings. The maximum absolute atomic E-state index is 12.3. The molecule has 6 heteroatoms. The summed E-state index contributed by atoms with van der Waals surface area (Å²) >= 11 is 0. The molecule has 2 heterocycles. The topological polar surface area (TPSA) is 55.2 Å². The molecule has 1 aromatic heterocycles. The quantitative estimate of drug-likeness (QED) is 0.855. The molecule has 0 spiro atoms. The third-order valence-corrected chi connectivity index (χ3v) is 7.37. The molecule has 0 aromatic carbocycles. The van der Waals surface area contributed by atoms with Gasteiger partial charge in [0.05, 0.1) is 16.2 Å². The van der Waals surface area contributed by atoms with Crippen LogP contribution in [0.15, 0.2) is 0 Å². The fourth-order valence-electron chi connectivity index (χ4n) is 2.87. The van der Waals surface area contributed by atoms with Crippen LogP contribution in [-0.4, -0.2) is 46.7 Å². The van der Waals surface area contributed by atoms with E-state index in [-0.39, 0.29) is 5.75 Å². The molecule has 0 saturated carbocycles. The molecule has 1 saturated heterocycles. The van der Waals surface area contributed by atoms with Crippen LogP contribution in [-0.2, 0) is 22.9 Å². The third kappa shape index (κ3) is 3.16. The zero-order valence-electron chi connectivity index (χ0n) is 13.8. The molecule has 1 aromatic rings. The molecular weight excluding hydrogens is 286 g/mol. The minimum Gasteiger partial charge on any atom is -0.298 e. The van der Waals surface area contributed by atoms with Crippen molar-refractivity contribution in [3.8, 4) is 0 Å². The van der Waals surface area contributed by atoms with Crippen molar-refractivity contribution in [2.24, 2.45) is 0 Å². The van der Waals surface area contributed by atoms with Crippen LogP contribution in [0.1, 0.15) is 44.1 Å². The number of rotatable bonds is 3. The average molecular weight is 313 g/mol. The van der Waals surface area contributed by atoms with Gasteiger partial charge in [-0.3, -0.25) is 9.58 Å². The molecule has 21 heavy (non-hydrogen) atoms. The third-order valence-electron chi connectivity index (χ3n) is 4.76. The van der Waals surface area contributed by atoms with Gasteiger partial charge in [-0.25, -0.2) is 8.42 Å². The summed E-state index contributed by atoms with van der Waals surface area (Å²) in [5.41, 5.74) is 3.50. The summed E-state index contributed by atoms with van der Waals surface area (Å²) in [4.78, 5) is 2.25. The SMILES string of the molecule is CCn1nc(C)c(CN2CCC(C)(C)S(=O)(=O)CC2)c1C. The molecule has 120 valence electrons. The van der Waals surface area contributed by atoms with Gasteiger partial charge < -0.3 is 0 Å². The number of aromatic nitrogens is 2. The van der Waals surface area contributed by atoms with Crippen molar-refractivity contribution < 1.29 is 8.42 Å². The van der Waals surface area contributed by atoms with E-state index in [1.807, 2.05) is 25.5 Å². The summed E-state index contributed by atoms with van der Waals surface area (Å²) in [5, 5.41) is 4.55. The summed E-state index contributed by atoms with van der Waals surface area (Å²) in [6, 6.07) is 0. The van der Waals surface area contributed by atoms with Crippen LogP contribution in [0.2, 0.25) is 0 Å². The lowest BCUT2D eigenvalue weighted by molar-refractivity contribution is 0.275. The van der Waals surface area contributed by atoms with Gasteiger partial charge in [0.15, 0.2) is 9.84 Å². The van der Waals surface area contributed by atoms with E-state index in [2.05, 4.69) is 23.8 Å². The van der Waals surface area contributed by atoms with Crippen molar-refractivity contribution in [1.29, 1.82) is 0 Å². The number of sulfone groups is 1.